The number of rotatable bonds is 2. The first-order chi connectivity index (χ1) is 11.3. The quantitative estimate of drug-likeness (QED) is 0.488. The number of amidine groups is 1. The number of para-hydroxylation sites is 1. The summed E-state index contributed by atoms with van der Waals surface area (Å²) in [5.74, 6) is 2.00. The fourth-order valence-corrected chi connectivity index (χ4v) is 3.55. The Morgan fingerprint density at radius 3 is 3.09 bits per heavy atom. The van der Waals surface area contributed by atoms with Crippen molar-refractivity contribution < 1.29 is 4.74 Å². The van der Waals surface area contributed by atoms with E-state index in [1.807, 2.05) is 0 Å². The van der Waals surface area contributed by atoms with Crippen LogP contribution in [0.2, 0.25) is 0 Å². The van der Waals surface area contributed by atoms with Crippen molar-refractivity contribution >= 4 is 28.6 Å². The van der Waals surface area contributed by atoms with Crippen LogP contribution in [0.3, 0.4) is 0 Å². The van der Waals surface area contributed by atoms with Gasteiger partial charge in [0.2, 0.25) is 0 Å². The second kappa shape index (κ2) is 7.77. The Morgan fingerprint density at radius 1 is 1.48 bits per heavy atom. The Hall–Kier alpha value is -1.62. The Morgan fingerprint density at radius 2 is 2.35 bits per heavy atom. The van der Waals surface area contributed by atoms with Gasteiger partial charge in [-0.1, -0.05) is 25.1 Å². The standard InChI is InChI=1S/C17H24N4OS/c1-3-14-6-4-5-7-15(14)19-16(20-17-18-8-11-23-17)21-9-10-22-12-13(21)2/h4-7,13H,3,8-12H2,1-2H3,(H,18,19,20)/p+1. The van der Waals surface area contributed by atoms with Crippen molar-refractivity contribution in [2.75, 3.05) is 37.4 Å². The van der Waals surface area contributed by atoms with Crippen molar-refractivity contribution in [2.24, 2.45) is 0 Å². The lowest BCUT2D eigenvalue weighted by Crippen LogP contribution is -2.51. The Bertz CT molecular complexity index is 604. The molecule has 2 aliphatic rings. The molecular weight excluding hydrogens is 308 g/mol. The number of morpholine rings is 1. The largest absolute Gasteiger partial charge is 0.403 e. The van der Waals surface area contributed by atoms with E-state index in [1.165, 1.54) is 5.56 Å². The molecule has 23 heavy (non-hydrogen) atoms. The highest BCUT2D eigenvalue weighted by Crippen LogP contribution is 2.17. The van der Waals surface area contributed by atoms with Crippen LogP contribution in [-0.2, 0) is 11.2 Å². The van der Waals surface area contributed by atoms with Crippen LogP contribution in [0.25, 0.3) is 0 Å². The molecule has 0 amide bonds. The van der Waals surface area contributed by atoms with Crippen molar-refractivity contribution in [3.8, 4) is 0 Å². The van der Waals surface area contributed by atoms with Gasteiger partial charge < -0.3 is 10.1 Å². The molecule has 0 spiro atoms. The third-order valence-corrected chi connectivity index (χ3v) is 5.03. The van der Waals surface area contributed by atoms with E-state index >= 15 is 0 Å². The monoisotopic (exact) mass is 333 g/mol. The molecule has 1 aromatic rings. The van der Waals surface area contributed by atoms with Crippen molar-refractivity contribution in [3.05, 3.63) is 29.8 Å². The fraction of sp³-hybridized carbons (Fsp3) is 0.529. The molecule has 124 valence electrons. The van der Waals surface area contributed by atoms with Gasteiger partial charge in [-0.25, -0.2) is 4.67 Å². The maximum absolute atomic E-state index is 5.58. The molecule has 1 atom stereocenters. The van der Waals surface area contributed by atoms with E-state index in [9.17, 15) is 0 Å². The average molecular weight is 333 g/mol. The van der Waals surface area contributed by atoms with E-state index in [0.29, 0.717) is 6.04 Å². The van der Waals surface area contributed by atoms with Gasteiger partial charge in [-0.05, 0) is 36.7 Å². The summed E-state index contributed by atoms with van der Waals surface area (Å²) in [7, 11) is 0. The molecule has 0 saturated carbocycles. The van der Waals surface area contributed by atoms with Crippen LogP contribution in [-0.4, -0.2) is 54.1 Å². The lowest BCUT2D eigenvalue weighted by molar-refractivity contribution is 0.0331. The highest BCUT2D eigenvalue weighted by Gasteiger charge is 2.29. The number of benzene rings is 1. The molecule has 5 nitrogen and oxygen atoms in total. The van der Waals surface area contributed by atoms with Gasteiger partial charge in [0.05, 0.1) is 38.0 Å². The molecule has 2 saturated heterocycles. The summed E-state index contributed by atoms with van der Waals surface area (Å²) in [5.41, 5.74) is 2.44. The van der Waals surface area contributed by atoms with Gasteiger partial charge in [0, 0.05) is 5.75 Å². The van der Waals surface area contributed by atoms with Gasteiger partial charge in [0.15, 0.2) is 0 Å². The minimum atomic E-state index is 0.316. The van der Waals surface area contributed by atoms with Gasteiger partial charge in [-0.2, -0.15) is 0 Å². The molecule has 0 aliphatic carbocycles. The maximum atomic E-state index is 5.58. The summed E-state index contributed by atoms with van der Waals surface area (Å²) in [6.07, 6.45) is 0.999. The number of anilines is 1. The molecule has 0 bridgehead atoms. The fourth-order valence-electron chi connectivity index (χ4n) is 2.80. The van der Waals surface area contributed by atoms with Crippen LogP contribution < -0.4 is 15.3 Å². The van der Waals surface area contributed by atoms with Crippen LogP contribution in [0, 0.1) is 0 Å². The van der Waals surface area contributed by atoms with E-state index in [2.05, 4.69) is 53.6 Å². The molecule has 0 radical (unpaired) electrons. The van der Waals surface area contributed by atoms with Crippen molar-refractivity contribution in [1.29, 1.82) is 0 Å². The number of nitrogens with one attached hydrogen (secondary N) is 2. The zero-order chi connectivity index (χ0) is 16.1. The van der Waals surface area contributed by atoms with Gasteiger partial charge in [-0.3, -0.25) is 10.2 Å². The summed E-state index contributed by atoms with van der Waals surface area (Å²) < 4.78 is 10.4. The molecule has 2 N–H and O–H groups in total. The van der Waals surface area contributed by atoms with Gasteiger partial charge in [0.1, 0.15) is 0 Å². The van der Waals surface area contributed by atoms with E-state index < -0.39 is 0 Å². The molecule has 2 fully saturated rings. The second-order valence-corrected chi connectivity index (χ2v) is 6.85. The highest BCUT2D eigenvalue weighted by molar-refractivity contribution is 8.14. The topological polar surface area (TPSA) is 50.6 Å². The molecular formula is C17H25N4OS+. The summed E-state index contributed by atoms with van der Waals surface area (Å²) in [5, 5.41) is 7.92. The predicted octanol–water partition coefficient (Wildman–Crippen LogP) is 1.50. The smallest absolute Gasteiger partial charge is 0.375 e. The van der Waals surface area contributed by atoms with Crippen molar-refractivity contribution in [1.82, 2.24) is 14.9 Å². The molecule has 1 aromatic carbocycles. The van der Waals surface area contributed by atoms with Crippen LogP contribution in [0.4, 0.5) is 5.69 Å². The molecule has 0 aromatic heterocycles. The number of aryl methyl sites for hydroxylation is 1. The zero-order valence-corrected chi connectivity index (χ0v) is 14.7. The first-order valence-corrected chi connectivity index (χ1v) is 9.28. The number of thioether (sulfide) groups is 1. The molecule has 2 aliphatic heterocycles. The normalized spacial score (nSPS) is 20.9. The number of ether oxygens (including phenoxy) is 1. The summed E-state index contributed by atoms with van der Waals surface area (Å²) in [6.45, 7) is 7.70. The third kappa shape index (κ3) is 4.02. The number of nitrogens with zero attached hydrogens (tertiary/aromatic N) is 2. The number of hydrogen-bond donors (Lipinski definition) is 2. The summed E-state index contributed by atoms with van der Waals surface area (Å²) in [4.78, 5) is 2.31. The molecule has 3 rings (SSSR count). The van der Waals surface area contributed by atoms with Crippen LogP contribution >= 0.6 is 11.8 Å². The molecule has 2 heterocycles. The minimum absolute atomic E-state index is 0.316. The lowest BCUT2D eigenvalue weighted by atomic mass is 10.1. The Balaban J connectivity index is 1.93. The highest BCUT2D eigenvalue weighted by atomic mass is 32.2. The first-order valence-electron chi connectivity index (χ1n) is 8.29. The van der Waals surface area contributed by atoms with E-state index in [-0.39, 0.29) is 0 Å². The maximum Gasteiger partial charge on any atom is 0.403 e. The first kappa shape index (κ1) is 16.2. The van der Waals surface area contributed by atoms with Gasteiger partial charge in [0.25, 0.3) is 0 Å². The average Bonchev–Trinajstić information content (AvgIpc) is 3.08. The van der Waals surface area contributed by atoms with Gasteiger partial charge in [-0.15, -0.1) is 0 Å². The van der Waals surface area contributed by atoms with Crippen molar-refractivity contribution in [3.63, 3.8) is 0 Å². The Labute approximate surface area is 142 Å². The number of guanidine groups is 1. The second-order valence-electron chi connectivity index (χ2n) is 5.77. The third-order valence-electron chi connectivity index (χ3n) is 4.11. The van der Waals surface area contributed by atoms with E-state index in [4.69, 9.17) is 9.40 Å². The SMILES string of the molecule is CCc1ccccc1NC(=[N+]=C1NCCS1)N1CCOCC1C. The lowest BCUT2D eigenvalue weighted by Gasteiger charge is -2.30. The van der Waals surface area contributed by atoms with Gasteiger partial charge >= 0.3 is 11.1 Å². The summed E-state index contributed by atoms with van der Waals surface area (Å²) >= 11 is 1.78. The van der Waals surface area contributed by atoms with Crippen LogP contribution in [0.5, 0.6) is 0 Å². The molecule has 1 unspecified atom stereocenters. The minimum Gasteiger partial charge on any atom is -0.375 e. The zero-order valence-electron chi connectivity index (χ0n) is 13.8. The summed E-state index contributed by atoms with van der Waals surface area (Å²) in [6, 6.07) is 8.76. The molecule has 6 heteroatoms. The van der Waals surface area contributed by atoms with Crippen LogP contribution in [0.15, 0.2) is 24.3 Å². The van der Waals surface area contributed by atoms with E-state index in [0.717, 1.165) is 55.3 Å². The van der Waals surface area contributed by atoms with E-state index in [1.54, 1.807) is 11.8 Å². The van der Waals surface area contributed by atoms with Crippen molar-refractivity contribution in [2.45, 2.75) is 26.3 Å². The Kier molecular flexibility index (Phi) is 5.49. The van der Waals surface area contributed by atoms with Crippen LogP contribution in [0.1, 0.15) is 19.4 Å². The number of hydrogen-bond acceptors (Lipinski definition) is 2. The predicted molar refractivity (Wildman–Crippen MR) is 99.0 cm³/mol.